The van der Waals surface area contributed by atoms with Gasteiger partial charge in [-0.1, -0.05) is 6.42 Å². The van der Waals surface area contributed by atoms with Crippen molar-refractivity contribution in [1.82, 2.24) is 10.2 Å². The molecule has 2 aromatic rings. The zero-order valence-corrected chi connectivity index (χ0v) is 18.6. The second-order valence-corrected chi connectivity index (χ2v) is 7.96. The van der Waals surface area contributed by atoms with Crippen LogP contribution in [-0.2, 0) is 4.79 Å². The van der Waals surface area contributed by atoms with E-state index in [4.69, 9.17) is 9.15 Å². The molecule has 172 valence electrons. The molecule has 0 spiro atoms. The average molecular weight is 443 g/mol. The number of rotatable bonds is 9. The summed E-state index contributed by atoms with van der Waals surface area (Å²) in [6, 6.07) is 6.71. The maximum Gasteiger partial charge on any atom is 0.227 e. The number of carbonyl (C=O) groups excluding carboxylic acids is 2. The standard InChI is InChI=1S/C24H30N2O6/c1-16-15-19(27)23(30)24(32-16)21(22(29)17-8-10-18(31-2)11-9-17)25-12-6-14-26-13-5-3-4-7-20(26)28/h8-11,15,21,25,30H,3-7,12-14H2,1-2H3. The summed E-state index contributed by atoms with van der Waals surface area (Å²) in [5.41, 5.74) is -0.220. The normalized spacial score (nSPS) is 15.3. The molecule has 2 heterocycles. The van der Waals surface area contributed by atoms with Crippen LogP contribution in [0.5, 0.6) is 11.5 Å². The van der Waals surface area contributed by atoms with E-state index in [1.807, 2.05) is 4.90 Å². The third kappa shape index (κ3) is 5.76. The molecule has 0 saturated carbocycles. The highest BCUT2D eigenvalue weighted by atomic mass is 16.5. The van der Waals surface area contributed by atoms with Crippen molar-refractivity contribution in [2.24, 2.45) is 0 Å². The topological polar surface area (TPSA) is 109 Å². The number of likely N-dealkylation sites (tertiary alicyclic amines) is 1. The van der Waals surface area contributed by atoms with Crippen molar-refractivity contribution >= 4 is 11.7 Å². The lowest BCUT2D eigenvalue weighted by atomic mass is 10.0. The van der Waals surface area contributed by atoms with Crippen LogP contribution in [0.2, 0.25) is 0 Å². The molecular formula is C24H30N2O6. The van der Waals surface area contributed by atoms with Gasteiger partial charge in [0.05, 0.1) is 7.11 Å². The van der Waals surface area contributed by atoms with Crippen LogP contribution in [-0.4, -0.2) is 48.4 Å². The van der Waals surface area contributed by atoms with E-state index in [-0.39, 0.29) is 17.5 Å². The number of methoxy groups -OCH3 is 1. The summed E-state index contributed by atoms with van der Waals surface area (Å²) in [7, 11) is 1.54. The predicted octanol–water partition coefficient (Wildman–Crippen LogP) is 2.97. The van der Waals surface area contributed by atoms with Gasteiger partial charge < -0.3 is 24.5 Å². The Hall–Kier alpha value is -3.13. The van der Waals surface area contributed by atoms with Crippen LogP contribution in [0, 0.1) is 6.92 Å². The Kier molecular flexibility index (Phi) is 8.05. The molecule has 1 fully saturated rings. The number of aryl methyl sites for hydroxylation is 1. The molecule has 2 N–H and O–H groups in total. The van der Waals surface area contributed by atoms with Gasteiger partial charge in [0.2, 0.25) is 17.1 Å². The molecule has 32 heavy (non-hydrogen) atoms. The lowest BCUT2D eigenvalue weighted by Gasteiger charge is -2.22. The molecule has 1 saturated heterocycles. The minimum atomic E-state index is -1.05. The van der Waals surface area contributed by atoms with Gasteiger partial charge in [0.15, 0.2) is 11.5 Å². The quantitative estimate of drug-likeness (QED) is 0.454. The van der Waals surface area contributed by atoms with Crippen molar-refractivity contribution in [2.45, 2.75) is 45.1 Å². The molecule has 0 bridgehead atoms. The lowest BCUT2D eigenvalue weighted by Crippen LogP contribution is -2.35. The first-order chi connectivity index (χ1) is 15.4. The van der Waals surface area contributed by atoms with Gasteiger partial charge in [-0.25, -0.2) is 0 Å². The number of Topliss-reactive ketones (excluding diaryl/α,β-unsaturated/α-hetero) is 1. The fourth-order valence-electron chi connectivity index (χ4n) is 3.84. The number of ether oxygens (including phenoxy) is 1. The highest BCUT2D eigenvalue weighted by Gasteiger charge is 2.28. The van der Waals surface area contributed by atoms with E-state index in [1.165, 1.54) is 13.2 Å². The highest BCUT2D eigenvalue weighted by molar-refractivity contribution is 6.00. The van der Waals surface area contributed by atoms with Crippen molar-refractivity contribution < 1.29 is 23.8 Å². The number of ketones is 1. The van der Waals surface area contributed by atoms with Crippen LogP contribution in [0.1, 0.15) is 60.0 Å². The van der Waals surface area contributed by atoms with E-state index in [9.17, 15) is 19.5 Å². The molecule has 1 amide bonds. The fourth-order valence-corrected chi connectivity index (χ4v) is 3.84. The molecule has 3 rings (SSSR count). The van der Waals surface area contributed by atoms with E-state index < -0.39 is 17.2 Å². The first-order valence-corrected chi connectivity index (χ1v) is 10.9. The predicted molar refractivity (Wildman–Crippen MR) is 119 cm³/mol. The zero-order chi connectivity index (χ0) is 23.1. The number of carbonyl (C=O) groups is 2. The van der Waals surface area contributed by atoms with Crippen molar-refractivity contribution in [3.63, 3.8) is 0 Å². The first-order valence-electron chi connectivity index (χ1n) is 10.9. The monoisotopic (exact) mass is 442 g/mol. The summed E-state index contributed by atoms with van der Waals surface area (Å²) in [6.07, 6.45) is 4.19. The van der Waals surface area contributed by atoms with E-state index in [0.717, 1.165) is 25.8 Å². The van der Waals surface area contributed by atoms with E-state index >= 15 is 0 Å². The Labute approximate surface area is 187 Å². The van der Waals surface area contributed by atoms with Crippen molar-refractivity contribution in [1.29, 1.82) is 0 Å². The van der Waals surface area contributed by atoms with Gasteiger partial charge >= 0.3 is 0 Å². The van der Waals surface area contributed by atoms with Gasteiger partial charge in [0.25, 0.3) is 0 Å². The average Bonchev–Trinajstić information content (AvgIpc) is 3.00. The Morgan fingerprint density at radius 1 is 1.22 bits per heavy atom. The van der Waals surface area contributed by atoms with E-state index in [0.29, 0.717) is 43.0 Å². The summed E-state index contributed by atoms with van der Waals surface area (Å²) in [6.45, 7) is 3.32. The second kappa shape index (κ2) is 10.9. The molecule has 1 unspecified atom stereocenters. The maximum absolute atomic E-state index is 13.3. The summed E-state index contributed by atoms with van der Waals surface area (Å²) < 4.78 is 10.7. The number of aromatic hydroxyl groups is 1. The third-order valence-corrected chi connectivity index (χ3v) is 5.60. The fraction of sp³-hybridized carbons (Fsp3) is 0.458. The smallest absolute Gasteiger partial charge is 0.227 e. The molecule has 0 aliphatic carbocycles. The summed E-state index contributed by atoms with van der Waals surface area (Å²) in [5, 5.41) is 13.4. The number of nitrogens with zero attached hydrogens (tertiary/aromatic N) is 1. The van der Waals surface area contributed by atoms with Gasteiger partial charge in [0, 0.05) is 31.1 Å². The highest BCUT2D eigenvalue weighted by Crippen LogP contribution is 2.26. The van der Waals surface area contributed by atoms with Crippen molar-refractivity contribution in [2.75, 3.05) is 26.7 Å². The molecule has 1 aliphatic rings. The van der Waals surface area contributed by atoms with Gasteiger partial charge in [0.1, 0.15) is 17.6 Å². The Morgan fingerprint density at radius 2 is 1.97 bits per heavy atom. The number of hydrogen-bond donors (Lipinski definition) is 2. The molecule has 0 radical (unpaired) electrons. The summed E-state index contributed by atoms with van der Waals surface area (Å²) in [4.78, 5) is 39.4. The van der Waals surface area contributed by atoms with Crippen LogP contribution in [0.3, 0.4) is 0 Å². The molecular weight excluding hydrogens is 412 g/mol. The molecule has 1 aliphatic heterocycles. The van der Waals surface area contributed by atoms with E-state index in [1.54, 1.807) is 31.2 Å². The zero-order valence-electron chi connectivity index (χ0n) is 18.6. The van der Waals surface area contributed by atoms with Gasteiger partial charge in [-0.15, -0.1) is 0 Å². The minimum Gasteiger partial charge on any atom is -0.502 e. The minimum absolute atomic E-state index is 0.110. The Balaban J connectivity index is 1.77. The van der Waals surface area contributed by atoms with E-state index in [2.05, 4.69) is 5.32 Å². The third-order valence-electron chi connectivity index (χ3n) is 5.60. The summed E-state index contributed by atoms with van der Waals surface area (Å²) in [5.74, 6) is 0.0305. The van der Waals surface area contributed by atoms with Gasteiger partial charge in [-0.05, 0) is 57.0 Å². The molecule has 1 atom stereocenters. The molecule has 1 aromatic carbocycles. The van der Waals surface area contributed by atoms with Crippen LogP contribution in [0.25, 0.3) is 0 Å². The Bertz CT molecular complexity index is 999. The Morgan fingerprint density at radius 3 is 2.69 bits per heavy atom. The molecule has 8 nitrogen and oxygen atoms in total. The largest absolute Gasteiger partial charge is 0.502 e. The molecule has 1 aromatic heterocycles. The van der Waals surface area contributed by atoms with Crippen molar-refractivity contribution in [3.05, 3.63) is 57.6 Å². The maximum atomic E-state index is 13.3. The van der Waals surface area contributed by atoms with Crippen molar-refractivity contribution in [3.8, 4) is 11.5 Å². The molecule has 8 heteroatoms. The number of benzene rings is 1. The second-order valence-electron chi connectivity index (χ2n) is 7.96. The van der Waals surface area contributed by atoms with Crippen LogP contribution in [0.15, 0.2) is 39.5 Å². The first kappa shape index (κ1) is 23.5. The van der Waals surface area contributed by atoms with Crippen LogP contribution in [0.4, 0.5) is 0 Å². The number of nitrogens with one attached hydrogen (secondary N) is 1. The summed E-state index contributed by atoms with van der Waals surface area (Å²) >= 11 is 0. The SMILES string of the molecule is COc1ccc(C(=O)C(NCCCN2CCCCCC2=O)c2oc(C)cc(=O)c2O)cc1. The van der Waals surface area contributed by atoms with Crippen LogP contribution >= 0.6 is 0 Å². The van der Waals surface area contributed by atoms with Crippen LogP contribution < -0.4 is 15.5 Å². The lowest BCUT2D eigenvalue weighted by molar-refractivity contribution is -0.130. The number of hydrogen-bond acceptors (Lipinski definition) is 7. The van der Waals surface area contributed by atoms with Gasteiger partial charge in [-0.2, -0.15) is 0 Å². The van der Waals surface area contributed by atoms with Gasteiger partial charge in [-0.3, -0.25) is 14.4 Å². The number of amides is 1.